The molecule has 0 aliphatic heterocycles. The van der Waals surface area contributed by atoms with Gasteiger partial charge in [-0.1, -0.05) is 6.07 Å². The molecule has 0 heterocycles. The van der Waals surface area contributed by atoms with Crippen molar-refractivity contribution in [2.45, 2.75) is 13.8 Å². The zero-order valence-corrected chi connectivity index (χ0v) is 12.2. The first-order chi connectivity index (χ1) is 10.1. The van der Waals surface area contributed by atoms with Crippen LogP contribution in [0.3, 0.4) is 0 Å². The van der Waals surface area contributed by atoms with Gasteiger partial charge in [-0.2, -0.15) is 0 Å². The van der Waals surface area contributed by atoms with E-state index in [0.717, 1.165) is 0 Å². The zero-order chi connectivity index (χ0) is 15.8. The Kier molecular flexibility index (Phi) is 6.57. The number of hydrazine groups is 1. The van der Waals surface area contributed by atoms with Gasteiger partial charge in [0.15, 0.2) is 0 Å². The number of anilines is 1. The molecule has 0 bridgehead atoms. The van der Waals surface area contributed by atoms with Crippen LogP contribution in [0.2, 0.25) is 0 Å². The topological polar surface area (TPSA) is 111 Å². The number of nitrogens with two attached hydrogens (primary N) is 1. The second-order valence-electron chi connectivity index (χ2n) is 4.18. The van der Waals surface area contributed by atoms with Gasteiger partial charge >= 0.3 is 5.69 Å². The molecule has 3 N–H and O–H groups in total. The van der Waals surface area contributed by atoms with Crippen molar-refractivity contribution in [3.8, 4) is 0 Å². The molecule has 8 heteroatoms. The number of nitro benzene ring substituents is 1. The predicted molar refractivity (Wildman–Crippen MR) is 79.0 cm³/mol. The maximum absolute atomic E-state index is 12.5. The number of nitrogen functional groups attached to an aromatic ring is 1. The summed E-state index contributed by atoms with van der Waals surface area (Å²) in [5.41, 5.74) is 2.04. The third-order valence-electron chi connectivity index (χ3n) is 2.98. The molecule has 0 atom stereocenters. The highest BCUT2D eigenvalue weighted by molar-refractivity contribution is 6.00. The Morgan fingerprint density at radius 2 is 2.19 bits per heavy atom. The normalized spacial score (nSPS) is 10.2. The standard InChI is InChI=1S/C13H20N4O4/c1-3-16(8-9-21-4-2)13(18)10-6-5-7-11(15-14)12(10)17(19)20/h5-7,15H,3-4,8-9,14H2,1-2H3. The van der Waals surface area contributed by atoms with Gasteiger partial charge in [0.2, 0.25) is 0 Å². The van der Waals surface area contributed by atoms with E-state index in [4.69, 9.17) is 10.6 Å². The molecular weight excluding hydrogens is 276 g/mol. The Hall–Kier alpha value is -2.19. The van der Waals surface area contributed by atoms with E-state index in [2.05, 4.69) is 5.43 Å². The Morgan fingerprint density at radius 1 is 1.48 bits per heavy atom. The molecule has 0 radical (unpaired) electrons. The minimum Gasteiger partial charge on any atom is -0.380 e. The smallest absolute Gasteiger partial charge is 0.306 e. The first kappa shape index (κ1) is 16.9. The van der Waals surface area contributed by atoms with Crippen molar-refractivity contribution in [2.75, 3.05) is 31.7 Å². The summed E-state index contributed by atoms with van der Waals surface area (Å²) in [7, 11) is 0. The first-order valence-corrected chi connectivity index (χ1v) is 6.67. The number of rotatable bonds is 8. The molecule has 0 spiro atoms. The number of para-hydroxylation sites is 1. The molecule has 0 saturated heterocycles. The fourth-order valence-electron chi connectivity index (χ4n) is 1.92. The molecule has 1 rings (SSSR count). The monoisotopic (exact) mass is 296 g/mol. The Labute approximate surface area is 123 Å². The van der Waals surface area contributed by atoms with Crippen LogP contribution in [0.1, 0.15) is 24.2 Å². The van der Waals surface area contributed by atoms with Gasteiger partial charge in [-0.3, -0.25) is 20.8 Å². The maximum Gasteiger partial charge on any atom is 0.306 e. The summed E-state index contributed by atoms with van der Waals surface area (Å²) in [5, 5.41) is 11.2. The van der Waals surface area contributed by atoms with Crippen LogP contribution in [0, 0.1) is 10.1 Å². The summed E-state index contributed by atoms with van der Waals surface area (Å²) in [6.45, 7) is 5.42. The van der Waals surface area contributed by atoms with E-state index < -0.39 is 10.8 Å². The van der Waals surface area contributed by atoms with Crippen LogP contribution in [0.5, 0.6) is 0 Å². The third-order valence-corrected chi connectivity index (χ3v) is 2.98. The minimum atomic E-state index is -0.612. The number of carbonyl (C=O) groups is 1. The van der Waals surface area contributed by atoms with Gasteiger partial charge in [-0.05, 0) is 26.0 Å². The lowest BCUT2D eigenvalue weighted by Gasteiger charge is -2.21. The second kappa shape index (κ2) is 8.18. The maximum atomic E-state index is 12.5. The molecule has 1 aromatic rings. The van der Waals surface area contributed by atoms with Crippen LogP contribution in [0.25, 0.3) is 0 Å². The molecule has 21 heavy (non-hydrogen) atoms. The van der Waals surface area contributed by atoms with Gasteiger partial charge < -0.3 is 15.1 Å². The van der Waals surface area contributed by atoms with Gasteiger partial charge in [0.25, 0.3) is 5.91 Å². The molecule has 116 valence electrons. The number of nitrogens with one attached hydrogen (secondary N) is 1. The van der Waals surface area contributed by atoms with Gasteiger partial charge in [0, 0.05) is 19.7 Å². The van der Waals surface area contributed by atoms with Crippen molar-refractivity contribution >= 4 is 17.3 Å². The number of hydrogen-bond acceptors (Lipinski definition) is 6. The van der Waals surface area contributed by atoms with Crippen LogP contribution >= 0.6 is 0 Å². The molecule has 8 nitrogen and oxygen atoms in total. The molecule has 1 amide bonds. The SMILES string of the molecule is CCOCCN(CC)C(=O)c1cccc(NN)c1[N+](=O)[O-]. The summed E-state index contributed by atoms with van der Waals surface area (Å²) >= 11 is 0. The van der Waals surface area contributed by atoms with Crippen molar-refractivity contribution in [2.24, 2.45) is 5.84 Å². The molecule has 0 aliphatic rings. The van der Waals surface area contributed by atoms with Crippen molar-refractivity contribution in [1.82, 2.24) is 4.90 Å². The number of carbonyl (C=O) groups excluding carboxylic acids is 1. The highest BCUT2D eigenvalue weighted by atomic mass is 16.6. The molecule has 0 fully saturated rings. The Morgan fingerprint density at radius 3 is 2.71 bits per heavy atom. The quantitative estimate of drug-likeness (QED) is 0.324. The summed E-state index contributed by atoms with van der Waals surface area (Å²) in [4.78, 5) is 24.5. The lowest BCUT2D eigenvalue weighted by atomic mass is 10.1. The summed E-state index contributed by atoms with van der Waals surface area (Å²) in [6.07, 6.45) is 0. The van der Waals surface area contributed by atoms with E-state index in [9.17, 15) is 14.9 Å². The number of nitro groups is 1. The molecule has 0 unspecified atom stereocenters. The lowest BCUT2D eigenvalue weighted by molar-refractivity contribution is -0.384. The van der Waals surface area contributed by atoms with Gasteiger partial charge in [-0.25, -0.2) is 0 Å². The number of benzene rings is 1. The number of ether oxygens (including phenoxy) is 1. The van der Waals surface area contributed by atoms with E-state index in [1.165, 1.54) is 17.0 Å². The summed E-state index contributed by atoms with van der Waals surface area (Å²) in [5.74, 6) is 4.85. The number of likely N-dealkylation sites (N-methyl/N-ethyl adjacent to an activating group) is 1. The van der Waals surface area contributed by atoms with Crippen LogP contribution in [-0.2, 0) is 4.74 Å². The van der Waals surface area contributed by atoms with Crippen molar-refractivity contribution in [3.05, 3.63) is 33.9 Å². The van der Waals surface area contributed by atoms with Crippen LogP contribution in [0.15, 0.2) is 18.2 Å². The van der Waals surface area contributed by atoms with E-state index in [1.807, 2.05) is 6.92 Å². The molecule has 1 aromatic carbocycles. The second-order valence-corrected chi connectivity index (χ2v) is 4.18. The van der Waals surface area contributed by atoms with Gasteiger partial charge in [-0.15, -0.1) is 0 Å². The van der Waals surface area contributed by atoms with Crippen molar-refractivity contribution in [1.29, 1.82) is 0 Å². The number of amides is 1. The molecule has 0 aromatic heterocycles. The fraction of sp³-hybridized carbons (Fsp3) is 0.462. The predicted octanol–water partition coefficient (Wildman–Crippen LogP) is 1.38. The molecule has 0 saturated carbocycles. The van der Waals surface area contributed by atoms with E-state index in [0.29, 0.717) is 26.3 Å². The Bertz CT molecular complexity index is 507. The minimum absolute atomic E-state index is 0.00815. The van der Waals surface area contributed by atoms with Crippen LogP contribution < -0.4 is 11.3 Å². The van der Waals surface area contributed by atoms with Crippen molar-refractivity contribution in [3.63, 3.8) is 0 Å². The van der Waals surface area contributed by atoms with Gasteiger partial charge in [0.05, 0.1) is 11.5 Å². The molecular formula is C13H20N4O4. The third kappa shape index (κ3) is 4.14. The number of hydrogen-bond donors (Lipinski definition) is 2. The lowest BCUT2D eigenvalue weighted by Crippen LogP contribution is -2.34. The largest absolute Gasteiger partial charge is 0.380 e. The van der Waals surface area contributed by atoms with Gasteiger partial charge in [0.1, 0.15) is 11.3 Å². The Balaban J connectivity index is 3.07. The number of nitrogens with zero attached hydrogens (tertiary/aromatic N) is 2. The van der Waals surface area contributed by atoms with E-state index in [-0.39, 0.29) is 16.9 Å². The molecule has 0 aliphatic carbocycles. The summed E-state index contributed by atoms with van der Waals surface area (Å²) in [6, 6.07) is 4.42. The average molecular weight is 296 g/mol. The average Bonchev–Trinajstić information content (AvgIpc) is 2.50. The highest BCUT2D eigenvalue weighted by Gasteiger charge is 2.26. The highest BCUT2D eigenvalue weighted by Crippen LogP contribution is 2.28. The van der Waals surface area contributed by atoms with E-state index >= 15 is 0 Å². The van der Waals surface area contributed by atoms with Crippen LogP contribution in [-0.4, -0.2) is 42.0 Å². The van der Waals surface area contributed by atoms with E-state index in [1.54, 1.807) is 13.0 Å². The van der Waals surface area contributed by atoms with Crippen LogP contribution in [0.4, 0.5) is 11.4 Å². The zero-order valence-electron chi connectivity index (χ0n) is 12.2. The fourth-order valence-corrected chi connectivity index (χ4v) is 1.92. The first-order valence-electron chi connectivity index (χ1n) is 6.67. The van der Waals surface area contributed by atoms with Crippen molar-refractivity contribution < 1.29 is 14.5 Å². The summed E-state index contributed by atoms with van der Waals surface area (Å²) < 4.78 is 5.21.